The zero-order valence-electron chi connectivity index (χ0n) is 16.9. The minimum Gasteiger partial charge on any atom is -0.389 e. The number of nitrogens with zero attached hydrogens (tertiary/aromatic N) is 4. The van der Waals surface area contributed by atoms with Crippen LogP contribution in [-0.2, 0) is 13.6 Å². The molecule has 2 atom stereocenters. The molecule has 1 aromatic carbocycles. The number of halogens is 1. The quantitative estimate of drug-likeness (QED) is 0.859. The van der Waals surface area contributed by atoms with Gasteiger partial charge in [0.05, 0.1) is 5.60 Å². The molecular weight excluding hydrogens is 359 g/mol. The van der Waals surface area contributed by atoms with Gasteiger partial charge >= 0.3 is 6.03 Å². The predicted molar refractivity (Wildman–Crippen MR) is 106 cm³/mol. The second kappa shape index (κ2) is 7.04. The average molecular weight is 388 g/mol. The van der Waals surface area contributed by atoms with Crippen molar-refractivity contribution < 1.29 is 14.3 Å². The van der Waals surface area contributed by atoms with Gasteiger partial charge in [-0.05, 0) is 37.1 Å². The van der Waals surface area contributed by atoms with Crippen molar-refractivity contribution in [3.05, 3.63) is 35.8 Å². The highest BCUT2D eigenvalue weighted by molar-refractivity contribution is 5.81. The van der Waals surface area contributed by atoms with Gasteiger partial charge in [-0.25, -0.2) is 9.18 Å². The standard InChI is InChI=1S/C21H29FN4O2/c1-23(2)20(27)26-9-7-21(28)6-8-25(12-16(21)13-26)14-18-11-15-10-17(22)4-5-19(15)24(18)3/h4-5,10-11,16,28H,6-9,12-14H2,1-3H3/t16-,21-/m0/s1. The third-order valence-electron chi connectivity index (χ3n) is 6.50. The highest BCUT2D eigenvalue weighted by atomic mass is 19.1. The smallest absolute Gasteiger partial charge is 0.319 e. The normalized spacial score (nSPS) is 25.8. The first kappa shape index (κ1) is 19.2. The van der Waals surface area contributed by atoms with Gasteiger partial charge in [-0.15, -0.1) is 0 Å². The number of benzene rings is 1. The van der Waals surface area contributed by atoms with Crippen molar-refractivity contribution in [2.45, 2.75) is 25.0 Å². The number of rotatable bonds is 2. The van der Waals surface area contributed by atoms with Crippen molar-refractivity contribution in [3.8, 4) is 0 Å². The van der Waals surface area contributed by atoms with Crippen LogP contribution < -0.4 is 0 Å². The number of hydrogen-bond acceptors (Lipinski definition) is 3. The van der Waals surface area contributed by atoms with Gasteiger partial charge < -0.3 is 19.5 Å². The molecule has 2 aromatic rings. The Balaban J connectivity index is 1.49. The van der Waals surface area contributed by atoms with E-state index < -0.39 is 5.60 Å². The Morgan fingerprint density at radius 1 is 1.25 bits per heavy atom. The fourth-order valence-corrected chi connectivity index (χ4v) is 4.73. The second-order valence-corrected chi connectivity index (χ2v) is 8.56. The third kappa shape index (κ3) is 3.37. The van der Waals surface area contributed by atoms with E-state index in [0.717, 1.165) is 42.7 Å². The number of amides is 2. The van der Waals surface area contributed by atoms with Gasteiger partial charge in [0.1, 0.15) is 5.82 Å². The fraction of sp³-hybridized carbons (Fsp3) is 0.571. The number of carbonyl (C=O) groups is 1. The maximum atomic E-state index is 13.5. The molecule has 3 heterocycles. The van der Waals surface area contributed by atoms with Crippen molar-refractivity contribution >= 4 is 16.9 Å². The number of likely N-dealkylation sites (tertiary alicyclic amines) is 2. The summed E-state index contributed by atoms with van der Waals surface area (Å²) in [5, 5.41) is 12.0. The van der Waals surface area contributed by atoms with E-state index in [2.05, 4.69) is 9.47 Å². The van der Waals surface area contributed by atoms with E-state index in [4.69, 9.17) is 0 Å². The van der Waals surface area contributed by atoms with Gasteiger partial charge in [0.25, 0.3) is 0 Å². The molecule has 0 bridgehead atoms. The van der Waals surface area contributed by atoms with Crippen LogP contribution in [0.5, 0.6) is 0 Å². The summed E-state index contributed by atoms with van der Waals surface area (Å²) in [6.45, 7) is 3.53. The van der Waals surface area contributed by atoms with E-state index in [0.29, 0.717) is 19.5 Å². The minimum absolute atomic E-state index is 0.00915. The van der Waals surface area contributed by atoms with Crippen LogP contribution in [-0.4, -0.2) is 76.3 Å². The first-order chi connectivity index (χ1) is 13.3. The lowest BCUT2D eigenvalue weighted by Crippen LogP contribution is -2.61. The predicted octanol–water partition coefficient (Wildman–Crippen LogP) is 2.26. The summed E-state index contributed by atoms with van der Waals surface area (Å²) in [6, 6.07) is 6.93. The van der Waals surface area contributed by atoms with E-state index in [1.54, 1.807) is 25.1 Å². The molecule has 2 amide bonds. The Kier molecular flexibility index (Phi) is 4.83. The number of fused-ring (bicyclic) bond motifs is 2. The Hall–Kier alpha value is -2.12. The topological polar surface area (TPSA) is 52.0 Å². The first-order valence-corrected chi connectivity index (χ1v) is 9.92. The summed E-state index contributed by atoms with van der Waals surface area (Å²) in [4.78, 5) is 18.1. The maximum Gasteiger partial charge on any atom is 0.319 e. The monoisotopic (exact) mass is 388 g/mol. The average Bonchev–Trinajstić information content (AvgIpc) is 2.95. The lowest BCUT2D eigenvalue weighted by molar-refractivity contribution is -0.108. The summed E-state index contributed by atoms with van der Waals surface area (Å²) in [6.07, 6.45) is 1.36. The molecule has 2 aliphatic heterocycles. The van der Waals surface area contributed by atoms with Gasteiger partial charge in [-0.1, -0.05) is 0 Å². The van der Waals surface area contributed by atoms with Crippen LogP contribution in [0.1, 0.15) is 18.5 Å². The molecule has 0 saturated carbocycles. The zero-order chi connectivity index (χ0) is 20.1. The number of aromatic nitrogens is 1. The highest BCUT2D eigenvalue weighted by Crippen LogP contribution is 2.36. The van der Waals surface area contributed by atoms with Crippen LogP contribution in [0.4, 0.5) is 9.18 Å². The van der Waals surface area contributed by atoms with Crippen molar-refractivity contribution in [2.75, 3.05) is 40.3 Å². The number of aliphatic hydroxyl groups is 1. The Labute approximate surface area is 165 Å². The summed E-state index contributed by atoms with van der Waals surface area (Å²) in [5.74, 6) is -0.174. The van der Waals surface area contributed by atoms with Gasteiger partial charge in [0.15, 0.2) is 0 Å². The molecule has 1 N–H and O–H groups in total. The van der Waals surface area contributed by atoms with Gasteiger partial charge in [0.2, 0.25) is 0 Å². The fourth-order valence-electron chi connectivity index (χ4n) is 4.73. The van der Waals surface area contributed by atoms with Crippen LogP contribution in [0.15, 0.2) is 24.3 Å². The summed E-state index contributed by atoms with van der Waals surface area (Å²) >= 11 is 0. The maximum absolute atomic E-state index is 13.5. The van der Waals surface area contributed by atoms with E-state index in [1.807, 2.05) is 24.1 Å². The lowest BCUT2D eigenvalue weighted by atomic mass is 9.75. The van der Waals surface area contributed by atoms with E-state index in [9.17, 15) is 14.3 Å². The Bertz CT molecular complexity index is 896. The lowest BCUT2D eigenvalue weighted by Gasteiger charge is -2.50. The number of urea groups is 1. The molecule has 2 fully saturated rings. The summed E-state index contributed by atoms with van der Waals surface area (Å²) < 4.78 is 15.6. The van der Waals surface area contributed by atoms with Gasteiger partial charge in [0, 0.05) is 76.4 Å². The van der Waals surface area contributed by atoms with Gasteiger partial charge in [-0.3, -0.25) is 4.90 Å². The minimum atomic E-state index is -0.679. The highest BCUT2D eigenvalue weighted by Gasteiger charge is 2.46. The SMILES string of the molecule is CN(C)C(=O)N1CC[C@@]2(O)CCN(Cc3cc4cc(F)ccc4n3C)C[C@H]2C1. The number of hydrogen-bond donors (Lipinski definition) is 1. The molecule has 0 unspecified atom stereocenters. The summed E-state index contributed by atoms with van der Waals surface area (Å²) in [5.41, 5.74) is 1.47. The zero-order valence-corrected chi connectivity index (χ0v) is 16.9. The van der Waals surface area contributed by atoms with Crippen LogP contribution in [0.25, 0.3) is 10.9 Å². The first-order valence-electron chi connectivity index (χ1n) is 9.92. The molecular formula is C21H29FN4O2. The molecule has 28 heavy (non-hydrogen) atoms. The molecule has 6 nitrogen and oxygen atoms in total. The molecule has 4 rings (SSSR count). The molecule has 152 valence electrons. The van der Waals surface area contributed by atoms with Crippen LogP contribution in [0.2, 0.25) is 0 Å². The third-order valence-corrected chi connectivity index (χ3v) is 6.50. The second-order valence-electron chi connectivity index (χ2n) is 8.56. The van der Waals surface area contributed by atoms with Gasteiger partial charge in [-0.2, -0.15) is 0 Å². The number of aryl methyl sites for hydroxylation is 1. The van der Waals surface area contributed by atoms with Crippen molar-refractivity contribution in [2.24, 2.45) is 13.0 Å². The number of carbonyl (C=O) groups excluding carboxylic acids is 1. The van der Waals surface area contributed by atoms with Crippen LogP contribution >= 0.6 is 0 Å². The molecule has 7 heteroatoms. The molecule has 1 aromatic heterocycles. The van der Waals surface area contributed by atoms with Crippen molar-refractivity contribution in [1.82, 2.24) is 19.3 Å². The van der Waals surface area contributed by atoms with Crippen molar-refractivity contribution in [1.29, 1.82) is 0 Å². The summed E-state index contributed by atoms with van der Waals surface area (Å²) in [7, 11) is 5.53. The molecule has 0 radical (unpaired) electrons. The largest absolute Gasteiger partial charge is 0.389 e. The Morgan fingerprint density at radius 3 is 2.75 bits per heavy atom. The van der Waals surface area contributed by atoms with Crippen molar-refractivity contribution in [3.63, 3.8) is 0 Å². The van der Waals surface area contributed by atoms with E-state index in [1.165, 1.54) is 6.07 Å². The molecule has 0 aliphatic carbocycles. The number of piperidine rings is 2. The molecule has 0 spiro atoms. The molecule has 2 saturated heterocycles. The Morgan fingerprint density at radius 2 is 2.00 bits per heavy atom. The van der Waals surface area contributed by atoms with E-state index >= 15 is 0 Å². The van der Waals surface area contributed by atoms with Crippen LogP contribution in [0, 0.1) is 11.7 Å². The molecule has 2 aliphatic rings. The van der Waals surface area contributed by atoms with Crippen LogP contribution in [0.3, 0.4) is 0 Å². The van der Waals surface area contributed by atoms with E-state index in [-0.39, 0.29) is 17.8 Å².